The molecule has 2 N–H and O–H groups in total. The molecular weight excluding hydrogens is 355 g/mol. The van der Waals surface area contributed by atoms with Crippen molar-refractivity contribution < 1.29 is 13.9 Å². The summed E-state index contributed by atoms with van der Waals surface area (Å²) in [7, 11) is 0. The van der Waals surface area contributed by atoms with E-state index in [0.717, 1.165) is 19.4 Å². The van der Waals surface area contributed by atoms with Gasteiger partial charge in [-0.3, -0.25) is 4.79 Å². The van der Waals surface area contributed by atoms with Crippen LogP contribution in [0.3, 0.4) is 0 Å². The fraction of sp³-hybridized carbons (Fsp3) is 0.350. The van der Waals surface area contributed by atoms with Crippen LogP contribution in [0.25, 0.3) is 0 Å². The molecule has 26 heavy (non-hydrogen) atoms. The van der Waals surface area contributed by atoms with E-state index in [9.17, 15) is 9.18 Å². The topological polar surface area (TPSA) is 50.4 Å². The Kier molecular flexibility index (Phi) is 6.12. The molecule has 1 amide bonds. The zero-order valence-corrected chi connectivity index (χ0v) is 15.3. The molecule has 0 saturated carbocycles. The van der Waals surface area contributed by atoms with Crippen LogP contribution < -0.4 is 15.4 Å². The molecule has 0 spiro atoms. The van der Waals surface area contributed by atoms with Gasteiger partial charge in [-0.2, -0.15) is 0 Å². The molecular formula is C20H22ClFN2O2. The van der Waals surface area contributed by atoms with Crippen LogP contribution >= 0.6 is 11.6 Å². The third-order valence-corrected chi connectivity index (χ3v) is 4.74. The second kappa shape index (κ2) is 8.52. The summed E-state index contributed by atoms with van der Waals surface area (Å²) in [5.41, 5.74) is 0.715. The van der Waals surface area contributed by atoms with E-state index < -0.39 is 11.9 Å². The first kappa shape index (κ1) is 18.7. The molecule has 1 saturated heterocycles. The van der Waals surface area contributed by atoms with Gasteiger partial charge in [0.05, 0.1) is 5.02 Å². The van der Waals surface area contributed by atoms with Crippen molar-refractivity contribution in [2.75, 3.05) is 6.54 Å². The molecule has 3 rings (SSSR count). The van der Waals surface area contributed by atoms with Crippen LogP contribution in [0.2, 0.25) is 5.02 Å². The third-order valence-electron chi connectivity index (χ3n) is 4.45. The van der Waals surface area contributed by atoms with Crippen molar-refractivity contribution in [1.82, 2.24) is 10.6 Å². The highest BCUT2D eigenvalue weighted by Crippen LogP contribution is 2.30. The molecule has 2 aromatic carbocycles. The van der Waals surface area contributed by atoms with E-state index in [0.29, 0.717) is 11.6 Å². The number of carbonyl (C=O) groups excluding carboxylic acids is 1. The van der Waals surface area contributed by atoms with Gasteiger partial charge in [-0.05, 0) is 44.5 Å². The molecule has 1 fully saturated rings. The number of ether oxygens (including phenoxy) is 1. The zero-order valence-electron chi connectivity index (χ0n) is 14.5. The van der Waals surface area contributed by atoms with Crippen molar-refractivity contribution in [1.29, 1.82) is 0 Å². The minimum atomic E-state index is -0.857. The molecule has 0 aliphatic carbocycles. The smallest absolute Gasteiger partial charge is 0.266 e. The maximum Gasteiger partial charge on any atom is 0.266 e. The van der Waals surface area contributed by atoms with Gasteiger partial charge in [-0.15, -0.1) is 0 Å². The molecule has 2 aromatic rings. The number of carbonyl (C=O) groups is 1. The summed E-state index contributed by atoms with van der Waals surface area (Å²) in [6.07, 6.45) is 0.878. The van der Waals surface area contributed by atoms with Crippen LogP contribution in [-0.2, 0) is 4.79 Å². The number of amides is 1. The van der Waals surface area contributed by atoms with E-state index in [2.05, 4.69) is 17.6 Å². The highest BCUT2D eigenvalue weighted by atomic mass is 35.5. The number of nitrogens with one attached hydrogen (secondary N) is 2. The Labute approximate surface area is 157 Å². The first-order valence-electron chi connectivity index (χ1n) is 8.73. The predicted octanol–water partition coefficient (Wildman–Crippen LogP) is 3.86. The molecule has 3 atom stereocenters. The van der Waals surface area contributed by atoms with Crippen LogP contribution in [0.5, 0.6) is 5.75 Å². The summed E-state index contributed by atoms with van der Waals surface area (Å²) < 4.78 is 19.2. The molecule has 0 bridgehead atoms. The van der Waals surface area contributed by atoms with Crippen molar-refractivity contribution in [3.63, 3.8) is 0 Å². The number of piperidine rings is 1. The Morgan fingerprint density at radius 1 is 1.31 bits per heavy atom. The number of hydrogen-bond acceptors (Lipinski definition) is 3. The van der Waals surface area contributed by atoms with Crippen LogP contribution in [0.1, 0.15) is 31.4 Å². The van der Waals surface area contributed by atoms with Gasteiger partial charge in [-0.25, -0.2) is 4.39 Å². The quantitative estimate of drug-likeness (QED) is 0.833. The summed E-state index contributed by atoms with van der Waals surface area (Å²) in [5.74, 6) is -0.404. The van der Waals surface area contributed by atoms with Gasteiger partial charge < -0.3 is 15.4 Å². The van der Waals surface area contributed by atoms with Crippen molar-refractivity contribution in [3.05, 3.63) is 64.9 Å². The lowest BCUT2D eigenvalue weighted by Crippen LogP contribution is -2.48. The molecule has 6 heteroatoms. The van der Waals surface area contributed by atoms with Crippen molar-refractivity contribution >= 4 is 17.5 Å². The lowest BCUT2D eigenvalue weighted by molar-refractivity contribution is -0.129. The van der Waals surface area contributed by atoms with E-state index in [1.807, 2.05) is 30.3 Å². The van der Waals surface area contributed by atoms with Gasteiger partial charge >= 0.3 is 0 Å². The second-order valence-electron chi connectivity index (χ2n) is 6.57. The highest BCUT2D eigenvalue weighted by Gasteiger charge is 2.27. The summed E-state index contributed by atoms with van der Waals surface area (Å²) in [6, 6.07) is 13.5. The molecule has 1 aliphatic rings. The van der Waals surface area contributed by atoms with Crippen LogP contribution in [0.15, 0.2) is 48.5 Å². The minimum Gasteiger partial charge on any atom is -0.474 e. The molecule has 3 unspecified atom stereocenters. The number of rotatable bonds is 5. The molecule has 138 valence electrons. The Morgan fingerprint density at radius 3 is 2.77 bits per heavy atom. The van der Waals surface area contributed by atoms with E-state index in [-0.39, 0.29) is 22.7 Å². The molecule has 1 aliphatic heterocycles. The van der Waals surface area contributed by atoms with Crippen LogP contribution in [0, 0.1) is 5.82 Å². The Morgan fingerprint density at radius 2 is 2.08 bits per heavy atom. The summed E-state index contributed by atoms with van der Waals surface area (Å²) >= 11 is 6.07. The molecule has 1 heterocycles. The number of benzene rings is 2. The SMILES string of the molecule is CC1CC(NC(=O)C(Oc2ccc(F)cc2Cl)c2ccccc2)CCN1. The average Bonchev–Trinajstić information content (AvgIpc) is 2.62. The van der Waals surface area contributed by atoms with Gasteiger partial charge in [-0.1, -0.05) is 41.9 Å². The highest BCUT2D eigenvalue weighted by molar-refractivity contribution is 6.32. The third kappa shape index (κ3) is 4.74. The van der Waals surface area contributed by atoms with Crippen LogP contribution in [0.4, 0.5) is 4.39 Å². The van der Waals surface area contributed by atoms with Gasteiger partial charge in [0.2, 0.25) is 6.10 Å². The summed E-state index contributed by atoms with van der Waals surface area (Å²) in [5, 5.41) is 6.57. The fourth-order valence-corrected chi connectivity index (χ4v) is 3.35. The first-order valence-corrected chi connectivity index (χ1v) is 9.11. The lowest BCUT2D eigenvalue weighted by Gasteiger charge is -2.30. The maximum atomic E-state index is 13.3. The van der Waals surface area contributed by atoms with Crippen molar-refractivity contribution in [3.8, 4) is 5.75 Å². The predicted molar refractivity (Wildman–Crippen MR) is 99.9 cm³/mol. The van der Waals surface area contributed by atoms with E-state index >= 15 is 0 Å². The Hall–Kier alpha value is -2.11. The van der Waals surface area contributed by atoms with Gasteiger partial charge in [0.15, 0.2) is 0 Å². The van der Waals surface area contributed by atoms with Crippen molar-refractivity contribution in [2.24, 2.45) is 0 Å². The molecule has 4 nitrogen and oxygen atoms in total. The maximum absolute atomic E-state index is 13.3. The van der Waals surface area contributed by atoms with E-state index in [1.54, 1.807) is 0 Å². The number of halogens is 2. The average molecular weight is 377 g/mol. The van der Waals surface area contributed by atoms with Crippen molar-refractivity contribution in [2.45, 2.75) is 38.0 Å². The summed E-state index contributed by atoms with van der Waals surface area (Å²) in [6.45, 7) is 2.97. The largest absolute Gasteiger partial charge is 0.474 e. The monoisotopic (exact) mass is 376 g/mol. The summed E-state index contributed by atoms with van der Waals surface area (Å²) in [4.78, 5) is 12.9. The number of hydrogen-bond donors (Lipinski definition) is 2. The van der Waals surface area contributed by atoms with Gasteiger partial charge in [0.1, 0.15) is 11.6 Å². The normalized spacial score (nSPS) is 21.0. The van der Waals surface area contributed by atoms with Gasteiger partial charge in [0.25, 0.3) is 5.91 Å². The molecule has 0 aromatic heterocycles. The minimum absolute atomic E-state index is 0.0947. The lowest BCUT2D eigenvalue weighted by atomic mass is 10.00. The fourth-order valence-electron chi connectivity index (χ4n) is 3.14. The van der Waals surface area contributed by atoms with Crippen LogP contribution in [-0.4, -0.2) is 24.5 Å². The van der Waals surface area contributed by atoms with E-state index in [4.69, 9.17) is 16.3 Å². The van der Waals surface area contributed by atoms with E-state index in [1.165, 1.54) is 18.2 Å². The first-order chi connectivity index (χ1) is 12.5. The molecule has 0 radical (unpaired) electrons. The Bertz CT molecular complexity index is 757. The van der Waals surface area contributed by atoms with Gasteiger partial charge in [0, 0.05) is 17.6 Å². The standard InChI is InChI=1S/C20H22ClFN2O2/c1-13-11-16(9-10-23-13)24-20(25)19(14-5-3-2-4-6-14)26-18-8-7-15(22)12-17(18)21/h2-8,12-13,16,19,23H,9-11H2,1H3,(H,24,25). The Balaban J connectivity index is 1.80. The second-order valence-corrected chi connectivity index (χ2v) is 6.98. The zero-order chi connectivity index (χ0) is 18.5.